The molecule has 2 fully saturated rings. The standard InChI is InChI=1S/C17H20ClFN4O/c1-8-14(18)13-15(22-8)10(17(20)24)6-11(19)16(13)23-5-3-9-2-4-21-12(9)7-23/h6,9,12,21-22H,2-5,7H2,1H3,(H2,20,24). The molecule has 0 aliphatic carbocycles. The van der Waals surface area contributed by atoms with E-state index in [1.54, 1.807) is 6.92 Å². The van der Waals surface area contributed by atoms with Crippen molar-refractivity contribution in [3.63, 3.8) is 0 Å². The third-order valence-electron chi connectivity index (χ3n) is 5.37. The third kappa shape index (κ3) is 2.28. The zero-order chi connectivity index (χ0) is 17.0. The summed E-state index contributed by atoms with van der Waals surface area (Å²) in [6.07, 6.45) is 2.21. The number of fused-ring (bicyclic) bond motifs is 2. The van der Waals surface area contributed by atoms with E-state index in [-0.39, 0.29) is 5.56 Å². The van der Waals surface area contributed by atoms with Crippen LogP contribution >= 0.6 is 11.6 Å². The Morgan fingerprint density at radius 2 is 2.25 bits per heavy atom. The van der Waals surface area contributed by atoms with Crippen LogP contribution in [-0.4, -0.2) is 36.6 Å². The zero-order valence-corrected chi connectivity index (χ0v) is 14.2. The minimum absolute atomic E-state index is 0.134. The second kappa shape index (κ2) is 5.63. The number of hydrogen-bond acceptors (Lipinski definition) is 3. The van der Waals surface area contributed by atoms with Crippen molar-refractivity contribution in [2.75, 3.05) is 24.5 Å². The van der Waals surface area contributed by atoms with Crippen molar-refractivity contribution in [3.8, 4) is 0 Å². The number of hydrogen-bond donors (Lipinski definition) is 3. The van der Waals surface area contributed by atoms with E-state index in [9.17, 15) is 9.18 Å². The lowest BCUT2D eigenvalue weighted by Gasteiger charge is -2.37. The molecule has 1 aromatic carbocycles. The predicted molar refractivity (Wildman–Crippen MR) is 93.2 cm³/mol. The summed E-state index contributed by atoms with van der Waals surface area (Å²) in [6, 6.07) is 1.60. The van der Waals surface area contributed by atoms with Crippen LogP contribution in [0.2, 0.25) is 5.02 Å². The highest BCUT2D eigenvalue weighted by atomic mass is 35.5. The number of aryl methyl sites for hydroxylation is 1. The maximum Gasteiger partial charge on any atom is 0.250 e. The summed E-state index contributed by atoms with van der Waals surface area (Å²) in [5.41, 5.74) is 7.24. The molecule has 2 saturated heterocycles. The van der Waals surface area contributed by atoms with E-state index in [1.807, 2.05) is 4.90 Å². The summed E-state index contributed by atoms with van der Waals surface area (Å²) >= 11 is 6.43. The van der Waals surface area contributed by atoms with E-state index in [1.165, 1.54) is 12.5 Å². The lowest BCUT2D eigenvalue weighted by Crippen LogP contribution is -2.46. The first-order valence-corrected chi connectivity index (χ1v) is 8.63. The minimum atomic E-state index is -0.667. The number of nitrogens with zero attached hydrogens (tertiary/aromatic N) is 1. The van der Waals surface area contributed by atoms with Crippen LogP contribution in [-0.2, 0) is 0 Å². The largest absolute Gasteiger partial charge is 0.367 e. The van der Waals surface area contributed by atoms with E-state index in [0.717, 1.165) is 26.1 Å². The van der Waals surface area contributed by atoms with Gasteiger partial charge >= 0.3 is 0 Å². The quantitative estimate of drug-likeness (QED) is 0.779. The fraction of sp³-hybridized carbons (Fsp3) is 0.471. The molecule has 0 bridgehead atoms. The molecule has 1 aromatic heterocycles. The van der Waals surface area contributed by atoms with Gasteiger partial charge in [-0.3, -0.25) is 4.79 Å². The van der Waals surface area contributed by atoms with Crippen LogP contribution in [0.4, 0.5) is 10.1 Å². The third-order valence-corrected chi connectivity index (χ3v) is 5.85. The van der Waals surface area contributed by atoms with Gasteiger partial charge < -0.3 is 20.9 Å². The van der Waals surface area contributed by atoms with Gasteiger partial charge in [-0.05, 0) is 38.3 Å². The molecule has 2 aromatic rings. The molecule has 0 saturated carbocycles. The van der Waals surface area contributed by atoms with E-state index in [2.05, 4.69) is 10.3 Å². The molecule has 4 N–H and O–H groups in total. The molecule has 2 atom stereocenters. The molecule has 1 amide bonds. The first-order chi connectivity index (χ1) is 11.5. The van der Waals surface area contributed by atoms with Gasteiger partial charge in [0.2, 0.25) is 0 Å². The van der Waals surface area contributed by atoms with Crippen LogP contribution in [0.15, 0.2) is 6.07 Å². The average Bonchev–Trinajstić information content (AvgIpc) is 3.12. The van der Waals surface area contributed by atoms with Gasteiger partial charge in [0.15, 0.2) is 0 Å². The van der Waals surface area contributed by atoms with Crippen LogP contribution in [0, 0.1) is 18.7 Å². The monoisotopic (exact) mass is 350 g/mol. The van der Waals surface area contributed by atoms with E-state index < -0.39 is 11.7 Å². The minimum Gasteiger partial charge on any atom is -0.367 e. The van der Waals surface area contributed by atoms with Gasteiger partial charge in [0, 0.05) is 30.2 Å². The number of carbonyl (C=O) groups is 1. The average molecular weight is 351 g/mol. The molecule has 2 aliphatic rings. The van der Waals surface area contributed by atoms with Crippen molar-refractivity contribution in [3.05, 3.63) is 28.2 Å². The second-order valence-electron chi connectivity index (χ2n) is 6.78. The fourth-order valence-corrected chi connectivity index (χ4v) is 4.38. The van der Waals surface area contributed by atoms with Gasteiger partial charge in [0.05, 0.1) is 21.8 Å². The van der Waals surface area contributed by atoms with Gasteiger partial charge in [-0.2, -0.15) is 0 Å². The van der Waals surface area contributed by atoms with Gasteiger partial charge in [0.1, 0.15) is 5.82 Å². The maximum absolute atomic E-state index is 14.9. The van der Waals surface area contributed by atoms with Crippen molar-refractivity contribution in [1.82, 2.24) is 10.3 Å². The molecular formula is C17H20ClFN4O. The Kier molecular flexibility index (Phi) is 3.69. The first kappa shape index (κ1) is 15.7. The molecule has 0 spiro atoms. The van der Waals surface area contributed by atoms with Crippen molar-refractivity contribution in [2.45, 2.75) is 25.8 Å². The molecule has 7 heteroatoms. The highest BCUT2D eigenvalue weighted by molar-refractivity contribution is 6.38. The number of aromatic nitrogens is 1. The van der Waals surface area contributed by atoms with Crippen LogP contribution in [0.1, 0.15) is 28.9 Å². The first-order valence-electron chi connectivity index (χ1n) is 8.25. The van der Waals surface area contributed by atoms with Crippen molar-refractivity contribution in [2.24, 2.45) is 11.7 Å². The molecule has 5 nitrogen and oxygen atoms in total. The fourth-order valence-electron chi connectivity index (χ4n) is 4.15. The lowest BCUT2D eigenvalue weighted by atomic mass is 9.92. The SMILES string of the molecule is Cc1[nH]c2c(C(N)=O)cc(F)c(N3CCC4CCNC4C3)c2c1Cl. The number of benzene rings is 1. The Balaban J connectivity index is 1.87. The summed E-state index contributed by atoms with van der Waals surface area (Å²) in [6.45, 7) is 4.35. The highest BCUT2D eigenvalue weighted by Gasteiger charge is 2.35. The molecule has 3 heterocycles. The Bertz CT molecular complexity index is 834. The number of rotatable bonds is 2. The van der Waals surface area contributed by atoms with Crippen molar-refractivity contribution in [1.29, 1.82) is 0 Å². The maximum atomic E-state index is 14.9. The molecule has 128 valence electrons. The number of nitrogens with two attached hydrogens (primary N) is 1. The van der Waals surface area contributed by atoms with Gasteiger partial charge in [-0.15, -0.1) is 0 Å². The summed E-state index contributed by atoms with van der Waals surface area (Å²) in [7, 11) is 0. The Morgan fingerprint density at radius 3 is 3.00 bits per heavy atom. The number of aromatic amines is 1. The second-order valence-corrected chi connectivity index (χ2v) is 7.15. The van der Waals surface area contributed by atoms with Crippen molar-refractivity contribution < 1.29 is 9.18 Å². The number of halogens is 2. The highest BCUT2D eigenvalue weighted by Crippen LogP contribution is 2.40. The Labute approximate surface area is 144 Å². The topological polar surface area (TPSA) is 74.2 Å². The number of nitrogens with one attached hydrogen (secondary N) is 2. The van der Waals surface area contributed by atoms with Crippen LogP contribution in [0.5, 0.6) is 0 Å². The number of anilines is 1. The predicted octanol–water partition coefficient (Wildman–Crippen LogP) is 2.56. The zero-order valence-electron chi connectivity index (χ0n) is 13.5. The molecule has 0 radical (unpaired) electrons. The van der Waals surface area contributed by atoms with Crippen molar-refractivity contribution >= 4 is 34.1 Å². The van der Waals surface area contributed by atoms with Gasteiger partial charge in [0.25, 0.3) is 5.91 Å². The van der Waals surface area contributed by atoms with Gasteiger partial charge in [-0.1, -0.05) is 11.6 Å². The van der Waals surface area contributed by atoms with Crippen LogP contribution < -0.4 is 16.0 Å². The number of piperidine rings is 1. The molecular weight excluding hydrogens is 331 g/mol. The summed E-state index contributed by atoms with van der Waals surface area (Å²) in [5, 5.41) is 4.50. The molecule has 24 heavy (non-hydrogen) atoms. The van der Waals surface area contributed by atoms with Crippen LogP contribution in [0.25, 0.3) is 10.9 Å². The summed E-state index contributed by atoms with van der Waals surface area (Å²) in [5.74, 6) is -0.457. The normalized spacial score (nSPS) is 23.7. The number of amides is 1. The number of carbonyl (C=O) groups excluding carboxylic acids is 1. The molecule has 2 unspecified atom stereocenters. The van der Waals surface area contributed by atoms with Gasteiger partial charge in [-0.25, -0.2) is 4.39 Å². The smallest absolute Gasteiger partial charge is 0.250 e. The van der Waals surface area contributed by atoms with E-state index in [4.69, 9.17) is 17.3 Å². The summed E-state index contributed by atoms with van der Waals surface area (Å²) < 4.78 is 14.9. The summed E-state index contributed by atoms with van der Waals surface area (Å²) in [4.78, 5) is 16.8. The number of H-pyrrole nitrogens is 1. The van der Waals surface area contributed by atoms with E-state index >= 15 is 0 Å². The Morgan fingerprint density at radius 1 is 1.46 bits per heavy atom. The number of primary amides is 1. The molecule has 2 aliphatic heterocycles. The molecule has 4 rings (SSSR count). The van der Waals surface area contributed by atoms with Crippen LogP contribution in [0.3, 0.4) is 0 Å². The Hall–Kier alpha value is -1.79. The van der Waals surface area contributed by atoms with E-state index in [0.29, 0.717) is 39.3 Å². The lowest BCUT2D eigenvalue weighted by molar-refractivity contribution is 0.100.